The molecule has 3 heteroatoms. The highest BCUT2D eigenvalue weighted by Crippen LogP contribution is 2.35. The largest absolute Gasteiger partial charge is 0.496 e. The third kappa shape index (κ3) is 2.96. The normalized spacial score (nSPS) is 11.9. The Balaban J connectivity index is 2.22. The zero-order chi connectivity index (χ0) is 16.6. The van der Waals surface area contributed by atoms with E-state index in [1.165, 1.54) is 16.6 Å². The molecule has 2 aromatic heterocycles. The number of fused-ring (bicyclic) bond motifs is 1. The predicted molar refractivity (Wildman–Crippen MR) is 95.3 cm³/mol. The van der Waals surface area contributed by atoms with Gasteiger partial charge in [-0.15, -0.1) is 0 Å². The number of methoxy groups -OCH3 is 1. The molecule has 0 aliphatic carbocycles. The second-order valence-electron chi connectivity index (χ2n) is 7.09. The van der Waals surface area contributed by atoms with Gasteiger partial charge in [0.25, 0.3) is 0 Å². The molecule has 0 bridgehead atoms. The Morgan fingerprint density at radius 3 is 2.57 bits per heavy atom. The first-order valence-electron chi connectivity index (χ1n) is 7.99. The number of aryl methyl sites for hydroxylation is 1. The van der Waals surface area contributed by atoms with E-state index in [9.17, 15) is 0 Å². The molecule has 0 radical (unpaired) electrons. The predicted octanol–water partition coefficient (Wildman–Crippen LogP) is 4.77. The molecule has 0 aliphatic heterocycles. The molecule has 1 aromatic carbocycles. The van der Waals surface area contributed by atoms with Gasteiger partial charge in [0.2, 0.25) is 0 Å². The average molecular weight is 308 g/mol. The van der Waals surface area contributed by atoms with Gasteiger partial charge < -0.3 is 9.72 Å². The minimum absolute atomic E-state index is 0.0459. The average Bonchev–Trinajstić information content (AvgIpc) is 2.85. The van der Waals surface area contributed by atoms with Crippen LogP contribution in [0.2, 0.25) is 0 Å². The molecule has 0 atom stereocenters. The van der Waals surface area contributed by atoms with Crippen LogP contribution in [0.3, 0.4) is 0 Å². The van der Waals surface area contributed by atoms with Crippen LogP contribution in [-0.2, 0) is 11.8 Å². The molecule has 3 aromatic rings. The summed E-state index contributed by atoms with van der Waals surface area (Å²) in [6.07, 6.45) is 2.69. The first kappa shape index (κ1) is 15.6. The van der Waals surface area contributed by atoms with Crippen molar-refractivity contribution in [3.8, 4) is 5.75 Å². The SMILES string of the molecule is COc1cc2[nH]c(C(C)(C)C)c(Cc3ccccn3)c2cc1C. The van der Waals surface area contributed by atoms with Gasteiger partial charge in [-0.1, -0.05) is 26.8 Å². The van der Waals surface area contributed by atoms with Gasteiger partial charge in [-0.3, -0.25) is 4.98 Å². The van der Waals surface area contributed by atoms with E-state index in [1.807, 2.05) is 18.3 Å². The zero-order valence-corrected chi connectivity index (χ0v) is 14.5. The number of aromatic amines is 1. The quantitative estimate of drug-likeness (QED) is 0.757. The molecule has 0 spiro atoms. The van der Waals surface area contributed by atoms with E-state index < -0.39 is 0 Å². The Hall–Kier alpha value is -2.29. The molecule has 0 aliphatic rings. The van der Waals surface area contributed by atoms with Crippen molar-refractivity contribution in [2.24, 2.45) is 0 Å². The molecule has 0 amide bonds. The van der Waals surface area contributed by atoms with E-state index in [-0.39, 0.29) is 5.41 Å². The van der Waals surface area contributed by atoms with Crippen molar-refractivity contribution in [2.75, 3.05) is 7.11 Å². The van der Waals surface area contributed by atoms with Gasteiger partial charge in [-0.05, 0) is 36.2 Å². The third-order valence-electron chi connectivity index (χ3n) is 4.26. The number of pyridine rings is 1. The standard InChI is InChI=1S/C20H24N2O/c1-13-10-15-16(11-14-8-6-7-9-21-14)19(20(2,3)4)22-17(15)12-18(13)23-5/h6-10,12,22H,11H2,1-5H3. The molecule has 0 fully saturated rings. The van der Waals surface area contributed by atoms with Crippen molar-refractivity contribution in [1.82, 2.24) is 9.97 Å². The molecule has 3 rings (SSSR count). The number of hydrogen-bond donors (Lipinski definition) is 1. The van der Waals surface area contributed by atoms with Gasteiger partial charge in [0.15, 0.2) is 0 Å². The maximum atomic E-state index is 5.47. The second-order valence-corrected chi connectivity index (χ2v) is 7.09. The van der Waals surface area contributed by atoms with Crippen LogP contribution in [0.5, 0.6) is 5.75 Å². The van der Waals surface area contributed by atoms with Crippen LogP contribution in [0.1, 0.15) is 43.3 Å². The Labute approximate surface area is 137 Å². The van der Waals surface area contributed by atoms with Crippen molar-refractivity contribution in [3.05, 3.63) is 59.0 Å². The van der Waals surface area contributed by atoms with Gasteiger partial charge in [0.05, 0.1) is 7.11 Å². The number of nitrogens with one attached hydrogen (secondary N) is 1. The number of nitrogens with zero attached hydrogens (tertiary/aromatic N) is 1. The summed E-state index contributed by atoms with van der Waals surface area (Å²) in [5, 5.41) is 1.26. The van der Waals surface area contributed by atoms with Crippen LogP contribution in [0.15, 0.2) is 36.5 Å². The molecule has 2 heterocycles. The number of benzene rings is 1. The molecular weight excluding hydrogens is 284 g/mol. The van der Waals surface area contributed by atoms with Crippen molar-refractivity contribution >= 4 is 10.9 Å². The number of hydrogen-bond acceptors (Lipinski definition) is 2. The molecule has 23 heavy (non-hydrogen) atoms. The highest BCUT2D eigenvalue weighted by atomic mass is 16.5. The van der Waals surface area contributed by atoms with Gasteiger partial charge in [-0.25, -0.2) is 0 Å². The summed E-state index contributed by atoms with van der Waals surface area (Å²) in [7, 11) is 1.72. The summed E-state index contributed by atoms with van der Waals surface area (Å²) < 4.78 is 5.47. The van der Waals surface area contributed by atoms with Crippen LogP contribution >= 0.6 is 0 Å². The van der Waals surface area contributed by atoms with Crippen molar-refractivity contribution in [2.45, 2.75) is 39.5 Å². The molecule has 0 saturated heterocycles. The van der Waals surface area contributed by atoms with Crippen LogP contribution in [0.25, 0.3) is 10.9 Å². The number of H-pyrrole nitrogens is 1. The Morgan fingerprint density at radius 1 is 1.17 bits per heavy atom. The van der Waals surface area contributed by atoms with Gasteiger partial charge in [-0.2, -0.15) is 0 Å². The number of aromatic nitrogens is 2. The number of ether oxygens (including phenoxy) is 1. The fraction of sp³-hybridized carbons (Fsp3) is 0.350. The van der Waals surface area contributed by atoms with Crippen molar-refractivity contribution in [3.63, 3.8) is 0 Å². The second kappa shape index (κ2) is 5.73. The molecular formula is C20H24N2O. The summed E-state index contributed by atoms with van der Waals surface area (Å²) in [6.45, 7) is 8.81. The summed E-state index contributed by atoms with van der Waals surface area (Å²) in [6, 6.07) is 10.4. The molecule has 120 valence electrons. The van der Waals surface area contributed by atoms with E-state index in [0.29, 0.717) is 0 Å². The molecule has 3 nitrogen and oxygen atoms in total. The van der Waals surface area contributed by atoms with Gasteiger partial charge in [0, 0.05) is 46.4 Å². The van der Waals surface area contributed by atoms with Crippen molar-refractivity contribution < 1.29 is 4.74 Å². The van der Waals surface area contributed by atoms with E-state index in [0.717, 1.165) is 28.9 Å². The summed E-state index contributed by atoms with van der Waals surface area (Å²) in [5.41, 5.74) is 6.02. The van der Waals surface area contributed by atoms with Gasteiger partial charge in [0.1, 0.15) is 5.75 Å². The first-order chi connectivity index (χ1) is 10.9. The highest BCUT2D eigenvalue weighted by molar-refractivity contribution is 5.87. The summed E-state index contributed by atoms with van der Waals surface area (Å²) in [4.78, 5) is 8.12. The molecule has 0 unspecified atom stereocenters. The van der Waals surface area contributed by atoms with Gasteiger partial charge >= 0.3 is 0 Å². The highest BCUT2D eigenvalue weighted by Gasteiger charge is 2.23. The monoisotopic (exact) mass is 308 g/mol. The molecule has 0 saturated carbocycles. The fourth-order valence-corrected chi connectivity index (χ4v) is 3.11. The zero-order valence-electron chi connectivity index (χ0n) is 14.5. The van der Waals surface area contributed by atoms with E-state index in [4.69, 9.17) is 4.74 Å². The van der Waals surface area contributed by atoms with E-state index >= 15 is 0 Å². The lowest BCUT2D eigenvalue weighted by Crippen LogP contribution is -2.14. The Morgan fingerprint density at radius 2 is 1.96 bits per heavy atom. The summed E-state index contributed by atoms with van der Waals surface area (Å²) >= 11 is 0. The Kier molecular flexibility index (Phi) is 3.88. The lowest BCUT2D eigenvalue weighted by atomic mass is 9.87. The smallest absolute Gasteiger partial charge is 0.123 e. The maximum absolute atomic E-state index is 5.47. The van der Waals surface area contributed by atoms with Crippen LogP contribution in [0, 0.1) is 6.92 Å². The third-order valence-corrected chi connectivity index (χ3v) is 4.26. The lowest BCUT2D eigenvalue weighted by molar-refractivity contribution is 0.412. The number of rotatable bonds is 3. The first-order valence-corrected chi connectivity index (χ1v) is 7.99. The topological polar surface area (TPSA) is 37.9 Å². The van der Waals surface area contributed by atoms with Crippen LogP contribution < -0.4 is 4.74 Å². The van der Waals surface area contributed by atoms with Crippen LogP contribution in [-0.4, -0.2) is 17.1 Å². The summed E-state index contributed by atoms with van der Waals surface area (Å²) in [5.74, 6) is 0.920. The fourth-order valence-electron chi connectivity index (χ4n) is 3.11. The minimum Gasteiger partial charge on any atom is -0.496 e. The lowest BCUT2D eigenvalue weighted by Gasteiger charge is -2.19. The Bertz CT molecular complexity index is 826. The van der Waals surface area contributed by atoms with Crippen LogP contribution in [0.4, 0.5) is 0 Å². The van der Waals surface area contributed by atoms with E-state index in [1.54, 1.807) is 7.11 Å². The maximum Gasteiger partial charge on any atom is 0.123 e. The van der Waals surface area contributed by atoms with Crippen molar-refractivity contribution in [1.29, 1.82) is 0 Å². The molecule has 1 N–H and O–H groups in total. The van der Waals surface area contributed by atoms with E-state index in [2.05, 4.69) is 55.9 Å². The minimum atomic E-state index is 0.0459.